The van der Waals surface area contributed by atoms with E-state index in [1.807, 2.05) is 0 Å². The number of fused-ring (bicyclic) bond motifs is 1. The first-order valence-corrected chi connectivity index (χ1v) is 8.98. The van der Waals surface area contributed by atoms with E-state index in [4.69, 9.17) is 11.6 Å². The van der Waals surface area contributed by atoms with E-state index in [1.54, 1.807) is 25.1 Å². The van der Waals surface area contributed by atoms with Gasteiger partial charge in [-0.3, -0.25) is 4.79 Å². The van der Waals surface area contributed by atoms with Crippen molar-refractivity contribution in [2.45, 2.75) is 19.4 Å². The first-order chi connectivity index (χ1) is 12.4. The molecule has 0 aliphatic rings. The number of carbonyl (C=O) groups excluding carboxylic acids is 1. The maximum Gasteiger partial charge on any atom is 0.326 e. The van der Waals surface area contributed by atoms with Crippen LogP contribution < -0.4 is 4.80 Å². The summed E-state index contributed by atoms with van der Waals surface area (Å²) in [6.45, 7) is 1.73. The zero-order chi connectivity index (χ0) is 18.8. The average molecular weight is 393 g/mol. The fourth-order valence-electron chi connectivity index (χ4n) is 2.63. The Kier molecular flexibility index (Phi) is 5.20. The molecule has 1 unspecified atom stereocenters. The van der Waals surface area contributed by atoms with Crippen molar-refractivity contribution in [3.05, 3.63) is 63.7 Å². The van der Waals surface area contributed by atoms with Crippen LogP contribution in [0.15, 0.2) is 47.5 Å². The summed E-state index contributed by atoms with van der Waals surface area (Å²) in [6, 6.07) is 9.38. The van der Waals surface area contributed by atoms with Gasteiger partial charge in [0.1, 0.15) is 11.9 Å². The lowest BCUT2D eigenvalue weighted by molar-refractivity contribution is -0.140. The first-order valence-electron chi connectivity index (χ1n) is 7.78. The standard InChI is InChI=1S/C18H14ClFN2O3S/c1-2-13(17(24)25)22-14-9-11(19)6-7-15(14)26-18(22)21-16(23)10-4-3-5-12(20)8-10/h3-9,13H,2H2,1H3,(H,24,25). The molecule has 8 heteroatoms. The lowest BCUT2D eigenvalue weighted by Gasteiger charge is -2.13. The Morgan fingerprint density at radius 1 is 1.31 bits per heavy atom. The van der Waals surface area contributed by atoms with Gasteiger partial charge in [-0.05, 0) is 42.8 Å². The molecule has 1 atom stereocenters. The molecule has 1 amide bonds. The van der Waals surface area contributed by atoms with E-state index in [0.29, 0.717) is 17.0 Å². The highest BCUT2D eigenvalue weighted by atomic mass is 35.5. The van der Waals surface area contributed by atoms with Crippen LogP contribution in [0.25, 0.3) is 10.2 Å². The summed E-state index contributed by atoms with van der Waals surface area (Å²) >= 11 is 7.23. The molecule has 3 rings (SSSR count). The van der Waals surface area contributed by atoms with Crippen molar-refractivity contribution >= 4 is 45.0 Å². The molecule has 0 aliphatic heterocycles. The molecular weight excluding hydrogens is 379 g/mol. The number of nitrogens with zero attached hydrogens (tertiary/aromatic N) is 2. The molecule has 134 valence electrons. The first kappa shape index (κ1) is 18.3. The van der Waals surface area contributed by atoms with Crippen LogP contribution in [0.5, 0.6) is 0 Å². The molecule has 0 saturated carbocycles. The van der Waals surface area contributed by atoms with E-state index in [9.17, 15) is 19.1 Å². The lowest BCUT2D eigenvalue weighted by Crippen LogP contribution is -2.27. The minimum absolute atomic E-state index is 0.0930. The number of aliphatic carboxylic acids is 1. The van der Waals surface area contributed by atoms with Gasteiger partial charge in [-0.2, -0.15) is 4.99 Å². The minimum Gasteiger partial charge on any atom is -0.480 e. The fraction of sp³-hybridized carbons (Fsp3) is 0.167. The topological polar surface area (TPSA) is 71.7 Å². The summed E-state index contributed by atoms with van der Waals surface area (Å²) in [5.74, 6) is -2.22. The summed E-state index contributed by atoms with van der Waals surface area (Å²) in [5.41, 5.74) is 0.679. The molecule has 26 heavy (non-hydrogen) atoms. The van der Waals surface area contributed by atoms with E-state index in [-0.39, 0.29) is 10.4 Å². The summed E-state index contributed by atoms with van der Waals surface area (Å²) in [6.07, 6.45) is 0.301. The molecule has 0 radical (unpaired) electrons. The second-order valence-corrected chi connectivity index (χ2v) is 7.00. The quantitative estimate of drug-likeness (QED) is 0.720. The number of carboxylic acids is 1. The van der Waals surface area contributed by atoms with Crippen LogP contribution in [-0.4, -0.2) is 21.6 Å². The van der Waals surface area contributed by atoms with Crippen LogP contribution in [0.3, 0.4) is 0 Å². The smallest absolute Gasteiger partial charge is 0.326 e. The maximum atomic E-state index is 13.4. The number of halogens is 2. The summed E-state index contributed by atoms with van der Waals surface area (Å²) in [7, 11) is 0. The van der Waals surface area contributed by atoms with Crippen molar-refractivity contribution in [2.24, 2.45) is 4.99 Å². The van der Waals surface area contributed by atoms with Gasteiger partial charge < -0.3 is 9.67 Å². The van der Waals surface area contributed by atoms with Gasteiger partial charge in [0.2, 0.25) is 0 Å². The second kappa shape index (κ2) is 7.39. The van der Waals surface area contributed by atoms with Crippen LogP contribution in [0.2, 0.25) is 5.02 Å². The Hall–Kier alpha value is -2.51. The highest BCUT2D eigenvalue weighted by Crippen LogP contribution is 2.25. The molecule has 0 spiro atoms. The number of thiazole rings is 1. The predicted molar refractivity (Wildman–Crippen MR) is 98.1 cm³/mol. The Labute approximate surface area is 157 Å². The number of hydrogen-bond donors (Lipinski definition) is 1. The monoisotopic (exact) mass is 392 g/mol. The highest BCUT2D eigenvalue weighted by Gasteiger charge is 2.22. The van der Waals surface area contributed by atoms with Gasteiger partial charge in [-0.1, -0.05) is 35.9 Å². The third-order valence-corrected chi connectivity index (χ3v) is 5.11. The van der Waals surface area contributed by atoms with Crippen LogP contribution in [-0.2, 0) is 4.79 Å². The molecule has 0 bridgehead atoms. The van der Waals surface area contributed by atoms with Gasteiger partial charge >= 0.3 is 5.97 Å². The zero-order valence-electron chi connectivity index (χ0n) is 13.6. The van der Waals surface area contributed by atoms with Crippen molar-refractivity contribution in [2.75, 3.05) is 0 Å². The molecule has 0 aliphatic carbocycles. The third-order valence-electron chi connectivity index (χ3n) is 3.84. The van der Waals surface area contributed by atoms with Gasteiger partial charge in [-0.25, -0.2) is 9.18 Å². The van der Waals surface area contributed by atoms with Gasteiger partial charge in [0.15, 0.2) is 4.80 Å². The number of aromatic nitrogens is 1. The third kappa shape index (κ3) is 3.54. The number of hydrogen-bond acceptors (Lipinski definition) is 3. The van der Waals surface area contributed by atoms with E-state index < -0.39 is 23.7 Å². The summed E-state index contributed by atoms with van der Waals surface area (Å²) < 4.78 is 15.6. The van der Waals surface area contributed by atoms with Gasteiger partial charge in [-0.15, -0.1) is 0 Å². The van der Waals surface area contributed by atoms with E-state index >= 15 is 0 Å². The second-order valence-electron chi connectivity index (χ2n) is 5.56. The van der Waals surface area contributed by atoms with Crippen molar-refractivity contribution in [3.63, 3.8) is 0 Å². The van der Waals surface area contributed by atoms with Crippen molar-refractivity contribution in [1.29, 1.82) is 0 Å². The van der Waals surface area contributed by atoms with Crippen LogP contribution in [0.4, 0.5) is 4.39 Å². The number of rotatable bonds is 4. The number of carbonyl (C=O) groups is 2. The van der Waals surface area contributed by atoms with Crippen molar-refractivity contribution in [3.8, 4) is 0 Å². The normalized spacial score (nSPS) is 13.1. The number of carboxylic acid groups (broad SMARTS) is 1. The van der Waals surface area contributed by atoms with Crippen molar-refractivity contribution < 1.29 is 19.1 Å². The largest absolute Gasteiger partial charge is 0.480 e. The molecule has 5 nitrogen and oxygen atoms in total. The zero-order valence-corrected chi connectivity index (χ0v) is 15.2. The molecule has 3 aromatic rings. The number of benzene rings is 2. The lowest BCUT2D eigenvalue weighted by atomic mass is 10.2. The molecule has 0 fully saturated rings. The molecule has 1 heterocycles. The van der Waals surface area contributed by atoms with Gasteiger partial charge in [0.05, 0.1) is 10.2 Å². The average Bonchev–Trinajstić information content (AvgIpc) is 2.93. The van der Waals surface area contributed by atoms with Crippen LogP contribution in [0.1, 0.15) is 29.7 Å². The predicted octanol–water partition coefficient (Wildman–Crippen LogP) is 4.27. The Morgan fingerprint density at radius 3 is 2.73 bits per heavy atom. The molecule has 1 aromatic heterocycles. The Bertz CT molecular complexity index is 1070. The number of amides is 1. The Morgan fingerprint density at radius 2 is 2.08 bits per heavy atom. The summed E-state index contributed by atoms with van der Waals surface area (Å²) in [4.78, 5) is 28.4. The SMILES string of the molecule is CCC(C(=O)O)n1c(=NC(=O)c2cccc(F)c2)sc2ccc(Cl)cc21. The Balaban J connectivity index is 2.24. The van der Waals surface area contributed by atoms with E-state index in [1.165, 1.54) is 34.1 Å². The van der Waals surface area contributed by atoms with Crippen LogP contribution in [0, 0.1) is 5.82 Å². The highest BCUT2D eigenvalue weighted by molar-refractivity contribution is 7.16. The van der Waals surface area contributed by atoms with Gasteiger partial charge in [0, 0.05) is 10.6 Å². The minimum atomic E-state index is -1.04. The summed E-state index contributed by atoms with van der Waals surface area (Å²) in [5, 5.41) is 10.0. The molecule has 0 saturated heterocycles. The van der Waals surface area contributed by atoms with Crippen molar-refractivity contribution in [1.82, 2.24) is 4.57 Å². The maximum absolute atomic E-state index is 13.4. The van der Waals surface area contributed by atoms with Crippen LogP contribution >= 0.6 is 22.9 Å². The molecular formula is C18H14ClFN2O3S. The molecule has 2 aromatic carbocycles. The molecule has 1 N–H and O–H groups in total. The van der Waals surface area contributed by atoms with E-state index in [0.717, 1.165) is 10.8 Å². The fourth-order valence-corrected chi connectivity index (χ4v) is 3.85. The van der Waals surface area contributed by atoms with Gasteiger partial charge in [0.25, 0.3) is 5.91 Å². The van der Waals surface area contributed by atoms with E-state index in [2.05, 4.69) is 4.99 Å².